The molecule has 36 valence electrons. The average molecular weight is 121 g/mol. The SMILES string of the molecule is PCCCN=S. The second kappa shape index (κ2) is 5.45. The van der Waals surface area contributed by atoms with E-state index in [0.29, 0.717) is 0 Å². The molecule has 0 radical (unpaired) electrons. The van der Waals surface area contributed by atoms with E-state index < -0.39 is 0 Å². The molecule has 0 rings (SSSR count). The topological polar surface area (TPSA) is 12.4 Å². The molecule has 0 amide bonds. The zero-order chi connectivity index (χ0) is 4.83. The Hall–Kier alpha value is 0.450. The second-order valence-electron chi connectivity index (χ2n) is 0.995. The van der Waals surface area contributed by atoms with Crippen LogP contribution in [0.3, 0.4) is 0 Å². The summed E-state index contributed by atoms with van der Waals surface area (Å²) in [6.45, 7) is 0.832. The van der Waals surface area contributed by atoms with E-state index in [0.717, 1.165) is 19.1 Å². The molecule has 0 saturated carbocycles. The van der Waals surface area contributed by atoms with Gasteiger partial charge in [-0.25, -0.2) is 4.36 Å². The second-order valence-corrected chi connectivity index (χ2v) is 1.83. The van der Waals surface area contributed by atoms with Crippen LogP contribution in [0, 0.1) is 0 Å². The van der Waals surface area contributed by atoms with Gasteiger partial charge in [-0.15, -0.1) is 9.24 Å². The summed E-state index contributed by atoms with van der Waals surface area (Å²) in [5.74, 6) is 0. The van der Waals surface area contributed by atoms with Crippen molar-refractivity contribution in [2.45, 2.75) is 6.42 Å². The fourth-order valence-corrected chi connectivity index (χ4v) is 0.468. The van der Waals surface area contributed by atoms with Crippen LogP contribution >= 0.6 is 9.24 Å². The van der Waals surface area contributed by atoms with Gasteiger partial charge in [0.25, 0.3) is 0 Å². The predicted molar refractivity (Wildman–Crippen MR) is 33.9 cm³/mol. The molecule has 1 nitrogen and oxygen atoms in total. The van der Waals surface area contributed by atoms with Crippen LogP contribution in [0.2, 0.25) is 0 Å². The van der Waals surface area contributed by atoms with Crippen molar-refractivity contribution in [1.29, 1.82) is 0 Å². The predicted octanol–water partition coefficient (Wildman–Crippen LogP) is 0.982. The summed E-state index contributed by atoms with van der Waals surface area (Å²) in [4.78, 5) is 0. The Labute approximate surface area is 45.9 Å². The molecule has 1 atom stereocenters. The highest BCUT2D eigenvalue weighted by Crippen LogP contribution is 1.85. The van der Waals surface area contributed by atoms with Gasteiger partial charge in [0.1, 0.15) is 0 Å². The van der Waals surface area contributed by atoms with Crippen molar-refractivity contribution in [3.63, 3.8) is 0 Å². The van der Waals surface area contributed by atoms with Gasteiger partial charge in [0.05, 0.1) is 6.54 Å². The Bertz CT molecular complexity index is 39.8. The molecule has 6 heavy (non-hydrogen) atoms. The number of hydrogen-bond donors (Lipinski definition) is 0. The van der Waals surface area contributed by atoms with Crippen molar-refractivity contribution >= 4 is 21.7 Å². The van der Waals surface area contributed by atoms with Gasteiger partial charge in [0.15, 0.2) is 0 Å². The minimum atomic E-state index is 0.832. The van der Waals surface area contributed by atoms with Gasteiger partial charge in [0, 0.05) is 12.4 Å². The first-order valence-corrected chi connectivity index (χ1v) is 3.09. The lowest BCUT2D eigenvalue weighted by Crippen LogP contribution is -1.76. The van der Waals surface area contributed by atoms with Gasteiger partial charge >= 0.3 is 0 Å². The van der Waals surface area contributed by atoms with Gasteiger partial charge in [-0.2, -0.15) is 0 Å². The van der Waals surface area contributed by atoms with Crippen LogP contribution in [-0.2, 0) is 12.4 Å². The van der Waals surface area contributed by atoms with E-state index >= 15 is 0 Å². The zero-order valence-electron chi connectivity index (χ0n) is 3.55. The first-order chi connectivity index (χ1) is 2.91. The van der Waals surface area contributed by atoms with Crippen molar-refractivity contribution in [2.75, 3.05) is 12.7 Å². The molecule has 0 heterocycles. The molecule has 0 aliphatic rings. The fraction of sp³-hybridized carbons (Fsp3) is 1.00. The summed E-state index contributed by atoms with van der Waals surface area (Å²) < 4.78 is 3.50. The van der Waals surface area contributed by atoms with Crippen molar-refractivity contribution in [3.05, 3.63) is 0 Å². The van der Waals surface area contributed by atoms with Gasteiger partial charge in [-0.05, 0) is 12.6 Å². The summed E-state index contributed by atoms with van der Waals surface area (Å²) in [5.41, 5.74) is 0. The lowest BCUT2D eigenvalue weighted by Gasteiger charge is -1.80. The summed E-state index contributed by atoms with van der Waals surface area (Å²) in [6, 6.07) is 0. The minimum Gasteiger partial charge on any atom is -0.220 e. The fourth-order valence-electron chi connectivity index (χ4n) is 0.156. The molecule has 0 bridgehead atoms. The van der Waals surface area contributed by atoms with Crippen LogP contribution in [0.1, 0.15) is 6.42 Å². The maximum atomic E-state index is 4.33. The van der Waals surface area contributed by atoms with Gasteiger partial charge < -0.3 is 0 Å². The maximum absolute atomic E-state index is 4.33. The third kappa shape index (κ3) is 4.45. The monoisotopic (exact) mass is 121 g/mol. The molecular weight excluding hydrogens is 113 g/mol. The lowest BCUT2D eigenvalue weighted by atomic mass is 10.5. The molecule has 0 aromatic rings. The van der Waals surface area contributed by atoms with Crippen molar-refractivity contribution in [1.82, 2.24) is 0 Å². The smallest absolute Gasteiger partial charge is 0.0524 e. The van der Waals surface area contributed by atoms with E-state index in [2.05, 4.69) is 26.0 Å². The van der Waals surface area contributed by atoms with Gasteiger partial charge in [-0.3, -0.25) is 0 Å². The largest absolute Gasteiger partial charge is 0.220 e. The van der Waals surface area contributed by atoms with E-state index in [9.17, 15) is 0 Å². The third-order valence-electron chi connectivity index (χ3n) is 0.454. The van der Waals surface area contributed by atoms with Crippen LogP contribution in [0.5, 0.6) is 0 Å². The van der Waals surface area contributed by atoms with Crippen LogP contribution < -0.4 is 0 Å². The van der Waals surface area contributed by atoms with E-state index in [-0.39, 0.29) is 0 Å². The Balaban J connectivity index is 2.49. The van der Waals surface area contributed by atoms with E-state index in [1.807, 2.05) is 0 Å². The van der Waals surface area contributed by atoms with Crippen LogP contribution in [-0.4, -0.2) is 12.7 Å². The molecule has 0 aromatic heterocycles. The van der Waals surface area contributed by atoms with E-state index in [4.69, 9.17) is 0 Å². The van der Waals surface area contributed by atoms with Crippen LogP contribution in [0.15, 0.2) is 4.36 Å². The van der Waals surface area contributed by atoms with Crippen molar-refractivity contribution in [2.24, 2.45) is 4.36 Å². The van der Waals surface area contributed by atoms with Crippen LogP contribution in [0.25, 0.3) is 0 Å². The zero-order valence-corrected chi connectivity index (χ0v) is 5.53. The Morgan fingerprint density at radius 3 is 2.50 bits per heavy atom. The average Bonchev–Trinajstić information content (AvgIpc) is 1.61. The molecule has 0 spiro atoms. The first-order valence-electron chi connectivity index (χ1n) is 1.91. The molecule has 0 fully saturated rings. The molecule has 0 aromatic carbocycles. The molecule has 0 saturated heterocycles. The Kier molecular flexibility index (Phi) is 5.86. The number of hydrogen-bond acceptors (Lipinski definition) is 2. The normalized spacial score (nSPS) is 8.17. The molecular formula is C3H8NPS. The molecule has 0 N–H and O–H groups in total. The van der Waals surface area contributed by atoms with E-state index in [1.165, 1.54) is 0 Å². The Morgan fingerprint density at radius 1 is 1.67 bits per heavy atom. The van der Waals surface area contributed by atoms with Crippen molar-refractivity contribution in [3.8, 4) is 0 Å². The van der Waals surface area contributed by atoms with E-state index in [1.54, 1.807) is 0 Å². The maximum Gasteiger partial charge on any atom is 0.0524 e. The minimum absolute atomic E-state index is 0.832. The first kappa shape index (κ1) is 6.45. The van der Waals surface area contributed by atoms with Crippen molar-refractivity contribution < 1.29 is 0 Å². The Morgan fingerprint density at radius 2 is 2.33 bits per heavy atom. The number of rotatable bonds is 3. The lowest BCUT2D eigenvalue weighted by molar-refractivity contribution is 0.959. The molecule has 3 heteroatoms. The van der Waals surface area contributed by atoms with Crippen LogP contribution in [0.4, 0.5) is 0 Å². The quantitative estimate of drug-likeness (QED) is 0.400. The third-order valence-corrected chi connectivity index (χ3v) is 1.04. The highest BCUT2D eigenvalue weighted by molar-refractivity contribution is 7.47. The molecule has 0 aliphatic carbocycles. The number of nitrogens with zero attached hydrogens (tertiary/aromatic N) is 1. The summed E-state index contributed by atoms with van der Waals surface area (Å²) in [7, 11) is 2.62. The molecule has 0 aliphatic heterocycles. The summed E-state index contributed by atoms with van der Waals surface area (Å²) in [5, 5.41) is 0. The standard InChI is InChI=1S/C3H8NPS/c5-3-1-2-4-6/h1-3,5H2. The summed E-state index contributed by atoms with van der Waals surface area (Å²) >= 11 is 4.33. The summed E-state index contributed by atoms with van der Waals surface area (Å²) in [6.07, 6.45) is 2.22. The van der Waals surface area contributed by atoms with Gasteiger partial charge in [0.2, 0.25) is 0 Å². The highest BCUT2D eigenvalue weighted by Gasteiger charge is 1.73. The highest BCUT2D eigenvalue weighted by atomic mass is 32.1. The van der Waals surface area contributed by atoms with Gasteiger partial charge in [-0.1, -0.05) is 0 Å². The molecule has 1 unspecified atom stereocenters.